The van der Waals surface area contributed by atoms with Gasteiger partial charge in [-0.25, -0.2) is 0 Å². The van der Waals surface area contributed by atoms with Gasteiger partial charge in [-0.3, -0.25) is 4.90 Å². The van der Waals surface area contributed by atoms with Gasteiger partial charge in [-0.1, -0.05) is 13.3 Å². The highest BCUT2D eigenvalue weighted by molar-refractivity contribution is 4.80. The van der Waals surface area contributed by atoms with E-state index in [0.717, 1.165) is 12.0 Å². The molecule has 0 aromatic heterocycles. The fourth-order valence-electron chi connectivity index (χ4n) is 3.13. The van der Waals surface area contributed by atoms with Crippen LogP contribution in [-0.4, -0.2) is 62.2 Å². The quantitative estimate of drug-likeness (QED) is 0.782. The van der Waals surface area contributed by atoms with Crippen LogP contribution in [0.4, 0.5) is 0 Å². The number of likely N-dealkylation sites (N-methyl/N-ethyl adjacent to an activating group) is 1. The van der Waals surface area contributed by atoms with Crippen molar-refractivity contribution in [2.75, 3.05) is 46.3 Å². The molecule has 2 aliphatic rings. The van der Waals surface area contributed by atoms with E-state index < -0.39 is 0 Å². The number of nitrogens with zero attached hydrogens (tertiary/aromatic N) is 2. The summed E-state index contributed by atoms with van der Waals surface area (Å²) in [6, 6.07) is 0.812. The Morgan fingerprint density at radius 1 is 1.12 bits per heavy atom. The van der Waals surface area contributed by atoms with Gasteiger partial charge in [-0.05, 0) is 32.2 Å². The maximum Gasteiger partial charge on any atom is 0.0110 e. The van der Waals surface area contributed by atoms with E-state index in [1.807, 2.05) is 0 Å². The first-order valence-electron chi connectivity index (χ1n) is 7.42. The van der Waals surface area contributed by atoms with Gasteiger partial charge in [0.15, 0.2) is 0 Å². The third-order valence-electron chi connectivity index (χ3n) is 4.58. The maximum absolute atomic E-state index is 3.75. The first-order valence-corrected chi connectivity index (χ1v) is 7.42. The van der Waals surface area contributed by atoms with Gasteiger partial charge >= 0.3 is 0 Å². The Kier molecular flexibility index (Phi) is 5.26. The SMILES string of the molecule is CCC1CCC(NCCN2CCN(C)CC2)C1. The molecular weight excluding hydrogens is 210 g/mol. The zero-order valence-corrected chi connectivity index (χ0v) is 11.6. The molecule has 1 aliphatic heterocycles. The van der Waals surface area contributed by atoms with E-state index in [2.05, 4.69) is 29.1 Å². The van der Waals surface area contributed by atoms with Gasteiger partial charge in [0, 0.05) is 45.3 Å². The smallest absolute Gasteiger partial charge is 0.0110 e. The summed E-state index contributed by atoms with van der Waals surface area (Å²) in [6.07, 6.45) is 5.64. The lowest BCUT2D eigenvalue weighted by molar-refractivity contribution is 0.153. The van der Waals surface area contributed by atoms with E-state index in [4.69, 9.17) is 0 Å². The Balaban J connectivity index is 1.54. The highest BCUT2D eigenvalue weighted by Crippen LogP contribution is 2.27. The number of nitrogens with one attached hydrogen (secondary N) is 1. The molecule has 2 rings (SSSR count). The summed E-state index contributed by atoms with van der Waals surface area (Å²) < 4.78 is 0. The summed E-state index contributed by atoms with van der Waals surface area (Å²) in [6.45, 7) is 9.73. The number of rotatable bonds is 5. The lowest BCUT2D eigenvalue weighted by Gasteiger charge is -2.32. The highest BCUT2D eigenvalue weighted by atomic mass is 15.2. The van der Waals surface area contributed by atoms with E-state index in [0.29, 0.717) is 0 Å². The van der Waals surface area contributed by atoms with Crippen molar-refractivity contribution < 1.29 is 0 Å². The van der Waals surface area contributed by atoms with Crippen LogP contribution in [0, 0.1) is 5.92 Å². The van der Waals surface area contributed by atoms with Gasteiger partial charge in [-0.2, -0.15) is 0 Å². The van der Waals surface area contributed by atoms with Crippen molar-refractivity contribution in [1.29, 1.82) is 0 Å². The average molecular weight is 239 g/mol. The van der Waals surface area contributed by atoms with Gasteiger partial charge in [-0.15, -0.1) is 0 Å². The molecule has 0 amide bonds. The second-order valence-electron chi connectivity index (χ2n) is 5.88. The van der Waals surface area contributed by atoms with Crippen LogP contribution in [0.5, 0.6) is 0 Å². The molecule has 3 heteroatoms. The van der Waals surface area contributed by atoms with E-state index in [1.54, 1.807) is 0 Å². The predicted octanol–water partition coefficient (Wildman–Crippen LogP) is 1.40. The topological polar surface area (TPSA) is 18.5 Å². The van der Waals surface area contributed by atoms with Crippen LogP contribution < -0.4 is 5.32 Å². The van der Waals surface area contributed by atoms with Crippen LogP contribution in [-0.2, 0) is 0 Å². The molecule has 2 atom stereocenters. The molecule has 0 aromatic rings. The average Bonchev–Trinajstić information content (AvgIpc) is 2.80. The Hall–Kier alpha value is -0.120. The molecule has 100 valence electrons. The van der Waals surface area contributed by atoms with Crippen molar-refractivity contribution in [1.82, 2.24) is 15.1 Å². The van der Waals surface area contributed by atoms with E-state index in [1.165, 1.54) is 65.0 Å². The predicted molar refractivity (Wildman–Crippen MR) is 73.4 cm³/mol. The normalized spacial score (nSPS) is 32.1. The first kappa shape index (κ1) is 13.3. The minimum Gasteiger partial charge on any atom is -0.313 e. The molecule has 3 nitrogen and oxygen atoms in total. The molecule has 1 heterocycles. The van der Waals surface area contributed by atoms with Crippen LogP contribution in [0.3, 0.4) is 0 Å². The fraction of sp³-hybridized carbons (Fsp3) is 1.00. The Morgan fingerprint density at radius 3 is 2.53 bits per heavy atom. The maximum atomic E-state index is 3.75. The molecule has 2 fully saturated rings. The van der Waals surface area contributed by atoms with Crippen molar-refractivity contribution in [3.05, 3.63) is 0 Å². The molecular formula is C14H29N3. The summed E-state index contributed by atoms with van der Waals surface area (Å²) in [4.78, 5) is 5.02. The van der Waals surface area contributed by atoms with E-state index in [9.17, 15) is 0 Å². The minimum atomic E-state index is 0.812. The molecule has 1 saturated heterocycles. The van der Waals surface area contributed by atoms with Crippen molar-refractivity contribution in [3.8, 4) is 0 Å². The number of hydrogen-bond acceptors (Lipinski definition) is 3. The fourth-order valence-corrected chi connectivity index (χ4v) is 3.13. The number of hydrogen-bond donors (Lipinski definition) is 1. The second-order valence-corrected chi connectivity index (χ2v) is 5.88. The van der Waals surface area contributed by atoms with Crippen LogP contribution in [0.2, 0.25) is 0 Å². The first-order chi connectivity index (χ1) is 8.28. The largest absolute Gasteiger partial charge is 0.313 e. The Bertz CT molecular complexity index is 210. The highest BCUT2D eigenvalue weighted by Gasteiger charge is 2.22. The molecule has 17 heavy (non-hydrogen) atoms. The summed E-state index contributed by atoms with van der Waals surface area (Å²) in [5.74, 6) is 0.996. The van der Waals surface area contributed by atoms with Crippen molar-refractivity contribution in [2.24, 2.45) is 5.92 Å². The molecule has 0 bridgehead atoms. The van der Waals surface area contributed by atoms with Crippen molar-refractivity contribution in [3.63, 3.8) is 0 Å². The van der Waals surface area contributed by atoms with Crippen molar-refractivity contribution >= 4 is 0 Å². The Labute approximate surface area is 107 Å². The van der Waals surface area contributed by atoms with Crippen LogP contribution >= 0.6 is 0 Å². The van der Waals surface area contributed by atoms with Gasteiger partial charge in [0.1, 0.15) is 0 Å². The standard InChI is InChI=1S/C14H29N3/c1-3-13-4-5-14(12-13)15-6-7-17-10-8-16(2)9-11-17/h13-15H,3-12H2,1-2H3. The lowest BCUT2D eigenvalue weighted by Crippen LogP contribution is -2.47. The molecule has 1 N–H and O–H groups in total. The molecule has 2 unspecified atom stereocenters. The summed E-state index contributed by atoms with van der Waals surface area (Å²) in [5, 5.41) is 3.75. The number of piperazine rings is 1. The minimum absolute atomic E-state index is 0.812. The van der Waals surface area contributed by atoms with E-state index >= 15 is 0 Å². The van der Waals surface area contributed by atoms with Crippen LogP contribution in [0.15, 0.2) is 0 Å². The molecule has 1 saturated carbocycles. The zero-order chi connectivity index (χ0) is 12.1. The molecule has 0 spiro atoms. The van der Waals surface area contributed by atoms with Gasteiger partial charge in [0.05, 0.1) is 0 Å². The summed E-state index contributed by atoms with van der Waals surface area (Å²) in [5.41, 5.74) is 0. The summed E-state index contributed by atoms with van der Waals surface area (Å²) >= 11 is 0. The molecule has 1 aliphatic carbocycles. The third-order valence-corrected chi connectivity index (χ3v) is 4.58. The van der Waals surface area contributed by atoms with Crippen molar-refractivity contribution in [2.45, 2.75) is 38.6 Å². The van der Waals surface area contributed by atoms with Crippen LogP contribution in [0.25, 0.3) is 0 Å². The monoisotopic (exact) mass is 239 g/mol. The Morgan fingerprint density at radius 2 is 1.88 bits per heavy atom. The lowest BCUT2D eigenvalue weighted by atomic mass is 10.1. The molecule has 0 aromatic carbocycles. The molecule has 0 radical (unpaired) electrons. The van der Waals surface area contributed by atoms with Gasteiger partial charge in [0.2, 0.25) is 0 Å². The van der Waals surface area contributed by atoms with Crippen LogP contribution in [0.1, 0.15) is 32.6 Å². The second kappa shape index (κ2) is 6.72. The van der Waals surface area contributed by atoms with Gasteiger partial charge < -0.3 is 10.2 Å². The third kappa shape index (κ3) is 4.23. The van der Waals surface area contributed by atoms with E-state index in [-0.39, 0.29) is 0 Å². The zero-order valence-electron chi connectivity index (χ0n) is 11.6. The summed E-state index contributed by atoms with van der Waals surface area (Å²) in [7, 11) is 2.22. The van der Waals surface area contributed by atoms with Gasteiger partial charge in [0.25, 0.3) is 0 Å².